The molecule has 0 atom stereocenters. The fraction of sp³-hybridized carbons (Fsp3) is 0.917. The Morgan fingerprint density at radius 2 is 1.88 bits per heavy atom. The van der Waals surface area contributed by atoms with Gasteiger partial charge in [-0.15, -0.1) is 0 Å². The van der Waals surface area contributed by atoms with Gasteiger partial charge < -0.3 is 14.4 Å². The van der Waals surface area contributed by atoms with Gasteiger partial charge in [0.05, 0.1) is 19.8 Å². The number of amides is 1. The average molecular weight is 242 g/mol. The van der Waals surface area contributed by atoms with E-state index in [4.69, 9.17) is 9.47 Å². The lowest BCUT2D eigenvalue weighted by atomic mass is 10.0. The van der Waals surface area contributed by atoms with Crippen LogP contribution in [0.1, 0.15) is 19.8 Å². The van der Waals surface area contributed by atoms with E-state index >= 15 is 0 Å². The van der Waals surface area contributed by atoms with E-state index in [0.717, 1.165) is 32.5 Å². The zero-order chi connectivity index (χ0) is 12.3. The van der Waals surface area contributed by atoms with Gasteiger partial charge >= 0.3 is 0 Å². The molecule has 1 spiro atoms. The molecule has 0 aromatic heterocycles. The van der Waals surface area contributed by atoms with Crippen LogP contribution in [0.5, 0.6) is 0 Å². The Balaban J connectivity index is 1.77. The van der Waals surface area contributed by atoms with Crippen molar-refractivity contribution >= 4 is 5.91 Å². The number of likely N-dealkylation sites (N-methyl/N-ethyl adjacent to an activating group) is 1. The molecule has 1 amide bonds. The van der Waals surface area contributed by atoms with E-state index in [9.17, 15) is 4.79 Å². The molecule has 0 radical (unpaired) electrons. The number of likely N-dealkylation sites (tertiary alicyclic amines) is 1. The Kier molecular flexibility index (Phi) is 4.01. The summed E-state index contributed by atoms with van der Waals surface area (Å²) < 4.78 is 11.3. The van der Waals surface area contributed by atoms with E-state index in [1.165, 1.54) is 0 Å². The highest BCUT2D eigenvalue weighted by Crippen LogP contribution is 2.30. The van der Waals surface area contributed by atoms with E-state index < -0.39 is 0 Å². The van der Waals surface area contributed by atoms with Crippen LogP contribution >= 0.6 is 0 Å². The number of ether oxygens (including phenoxy) is 2. The molecule has 0 aromatic rings. The monoisotopic (exact) mass is 242 g/mol. The lowest BCUT2D eigenvalue weighted by Gasteiger charge is -2.37. The van der Waals surface area contributed by atoms with Crippen molar-refractivity contribution in [2.45, 2.75) is 25.6 Å². The van der Waals surface area contributed by atoms with Crippen molar-refractivity contribution < 1.29 is 14.3 Å². The van der Waals surface area contributed by atoms with Crippen LogP contribution in [-0.4, -0.2) is 67.9 Å². The smallest absolute Gasteiger partial charge is 0.236 e. The summed E-state index contributed by atoms with van der Waals surface area (Å²) in [6.07, 6.45) is 1.74. The Morgan fingerprint density at radius 1 is 1.29 bits per heavy atom. The van der Waals surface area contributed by atoms with Crippen LogP contribution in [0, 0.1) is 0 Å². The first kappa shape index (κ1) is 12.8. The fourth-order valence-corrected chi connectivity index (χ4v) is 2.33. The van der Waals surface area contributed by atoms with Crippen LogP contribution < -0.4 is 0 Å². The van der Waals surface area contributed by atoms with Gasteiger partial charge in [-0.25, -0.2) is 0 Å². The van der Waals surface area contributed by atoms with Crippen molar-refractivity contribution in [1.29, 1.82) is 0 Å². The van der Waals surface area contributed by atoms with Gasteiger partial charge in [0.15, 0.2) is 5.79 Å². The van der Waals surface area contributed by atoms with Crippen molar-refractivity contribution in [2.75, 3.05) is 46.4 Å². The number of nitrogens with zero attached hydrogens (tertiary/aromatic N) is 2. The molecular formula is C12H22N2O3. The summed E-state index contributed by atoms with van der Waals surface area (Å²) in [6, 6.07) is 0. The fourth-order valence-electron chi connectivity index (χ4n) is 2.33. The maximum Gasteiger partial charge on any atom is 0.236 e. The molecule has 0 bridgehead atoms. The van der Waals surface area contributed by atoms with Crippen LogP contribution in [-0.2, 0) is 14.3 Å². The summed E-state index contributed by atoms with van der Waals surface area (Å²) in [5.41, 5.74) is 0. The van der Waals surface area contributed by atoms with Crippen molar-refractivity contribution in [2.24, 2.45) is 0 Å². The molecule has 0 unspecified atom stereocenters. The normalized spacial score (nSPS) is 24.1. The maximum atomic E-state index is 11.8. The van der Waals surface area contributed by atoms with Gasteiger partial charge in [0.1, 0.15) is 0 Å². The van der Waals surface area contributed by atoms with E-state index in [1.807, 2.05) is 14.0 Å². The Morgan fingerprint density at radius 3 is 2.41 bits per heavy atom. The molecule has 98 valence electrons. The van der Waals surface area contributed by atoms with Gasteiger partial charge in [-0.05, 0) is 6.92 Å². The summed E-state index contributed by atoms with van der Waals surface area (Å²) in [4.78, 5) is 15.7. The topological polar surface area (TPSA) is 42.0 Å². The van der Waals surface area contributed by atoms with E-state index in [1.54, 1.807) is 4.90 Å². The number of carbonyl (C=O) groups is 1. The molecule has 2 rings (SSSR count). The highest BCUT2D eigenvalue weighted by molar-refractivity contribution is 5.77. The molecule has 0 saturated carbocycles. The molecular weight excluding hydrogens is 220 g/mol. The minimum atomic E-state index is -0.337. The minimum absolute atomic E-state index is 0.191. The first-order chi connectivity index (χ1) is 8.15. The number of piperidine rings is 1. The SMILES string of the molecule is CCN(C)C(=O)CN1CCC2(CC1)OCCO2. The average Bonchev–Trinajstić information content (AvgIpc) is 2.80. The maximum absolute atomic E-state index is 11.8. The van der Waals surface area contributed by atoms with Crippen molar-refractivity contribution in [3.8, 4) is 0 Å². The van der Waals surface area contributed by atoms with Gasteiger partial charge in [0.2, 0.25) is 5.91 Å². The number of hydrogen-bond acceptors (Lipinski definition) is 4. The summed E-state index contributed by atoms with van der Waals surface area (Å²) >= 11 is 0. The van der Waals surface area contributed by atoms with Crippen molar-refractivity contribution in [3.05, 3.63) is 0 Å². The van der Waals surface area contributed by atoms with Crippen LogP contribution in [0.25, 0.3) is 0 Å². The molecule has 2 aliphatic heterocycles. The van der Waals surface area contributed by atoms with Gasteiger partial charge in [0.25, 0.3) is 0 Å². The summed E-state index contributed by atoms with van der Waals surface area (Å²) in [5.74, 6) is -0.146. The van der Waals surface area contributed by atoms with E-state index in [-0.39, 0.29) is 11.7 Å². The zero-order valence-corrected chi connectivity index (χ0v) is 10.8. The zero-order valence-electron chi connectivity index (χ0n) is 10.8. The summed E-state index contributed by atoms with van der Waals surface area (Å²) in [5, 5.41) is 0. The molecule has 2 fully saturated rings. The van der Waals surface area contributed by atoms with Crippen LogP contribution in [0.4, 0.5) is 0 Å². The van der Waals surface area contributed by atoms with Crippen molar-refractivity contribution in [1.82, 2.24) is 9.80 Å². The van der Waals surface area contributed by atoms with Gasteiger partial charge in [-0.2, -0.15) is 0 Å². The van der Waals surface area contributed by atoms with Crippen LogP contribution in [0.15, 0.2) is 0 Å². The number of rotatable bonds is 3. The third kappa shape index (κ3) is 2.97. The molecule has 17 heavy (non-hydrogen) atoms. The highest BCUT2D eigenvalue weighted by Gasteiger charge is 2.39. The standard InChI is InChI=1S/C12H22N2O3/c1-3-13(2)11(15)10-14-6-4-12(5-7-14)16-8-9-17-12/h3-10H2,1-2H3. The third-order valence-electron chi connectivity index (χ3n) is 3.69. The molecule has 0 N–H and O–H groups in total. The molecule has 0 aromatic carbocycles. The number of hydrogen-bond donors (Lipinski definition) is 0. The van der Waals surface area contributed by atoms with Crippen molar-refractivity contribution in [3.63, 3.8) is 0 Å². The second-order valence-corrected chi connectivity index (χ2v) is 4.79. The lowest BCUT2D eigenvalue weighted by Crippen LogP contribution is -2.48. The molecule has 0 aliphatic carbocycles. The second kappa shape index (κ2) is 5.33. The van der Waals surface area contributed by atoms with Gasteiger partial charge in [0, 0.05) is 39.5 Å². The number of carbonyl (C=O) groups excluding carboxylic acids is 1. The molecule has 5 heteroatoms. The Bertz CT molecular complexity index is 267. The molecule has 2 saturated heterocycles. The summed E-state index contributed by atoms with van der Waals surface area (Å²) in [7, 11) is 1.84. The molecule has 2 aliphatic rings. The van der Waals surface area contributed by atoms with Crippen LogP contribution in [0.2, 0.25) is 0 Å². The molecule has 2 heterocycles. The summed E-state index contributed by atoms with van der Waals surface area (Å²) in [6.45, 7) is 6.44. The highest BCUT2D eigenvalue weighted by atomic mass is 16.7. The minimum Gasteiger partial charge on any atom is -0.347 e. The Hall–Kier alpha value is -0.650. The van der Waals surface area contributed by atoms with Crippen LogP contribution in [0.3, 0.4) is 0 Å². The van der Waals surface area contributed by atoms with Gasteiger partial charge in [-0.3, -0.25) is 9.69 Å². The molecule has 5 nitrogen and oxygen atoms in total. The lowest BCUT2D eigenvalue weighted by molar-refractivity contribution is -0.186. The quantitative estimate of drug-likeness (QED) is 0.714. The predicted molar refractivity (Wildman–Crippen MR) is 63.6 cm³/mol. The predicted octanol–water partition coefficient (Wildman–Crippen LogP) is 0.304. The first-order valence-electron chi connectivity index (χ1n) is 6.39. The second-order valence-electron chi connectivity index (χ2n) is 4.79. The Labute approximate surface area is 103 Å². The first-order valence-corrected chi connectivity index (χ1v) is 6.39. The third-order valence-corrected chi connectivity index (χ3v) is 3.69. The van der Waals surface area contributed by atoms with Gasteiger partial charge in [-0.1, -0.05) is 0 Å². The largest absolute Gasteiger partial charge is 0.347 e. The van der Waals surface area contributed by atoms with E-state index in [0.29, 0.717) is 19.8 Å². The van der Waals surface area contributed by atoms with E-state index in [2.05, 4.69) is 4.90 Å².